The Kier molecular flexibility index (Phi) is 3.02. The lowest BCUT2D eigenvalue weighted by molar-refractivity contribution is -0.0441. The van der Waals surface area contributed by atoms with Gasteiger partial charge in [-0.1, -0.05) is 0 Å². The zero-order valence-corrected chi connectivity index (χ0v) is 8.52. The largest absolute Gasteiger partial charge is 0.497 e. The second kappa shape index (κ2) is 3.57. The quantitative estimate of drug-likeness (QED) is 0.677. The van der Waals surface area contributed by atoms with E-state index in [-0.39, 0.29) is 0 Å². The van der Waals surface area contributed by atoms with Crippen LogP contribution in [0.15, 0.2) is 0 Å². The SMILES string of the molecule is O=S1(=O)OCC(CS(=O)(=O)C(F)(F)F)O1. The molecule has 0 aromatic carbocycles. The first-order chi connectivity index (χ1) is 6.54. The van der Waals surface area contributed by atoms with Gasteiger partial charge in [0.1, 0.15) is 6.10 Å². The minimum atomic E-state index is -5.43. The average Bonchev–Trinajstić information content (AvgIpc) is 2.26. The maximum atomic E-state index is 11.8. The van der Waals surface area contributed by atoms with E-state index in [9.17, 15) is 30.0 Å². The Labute approximate surface area is 83.2 Å². The number of sulfone groups is 1. The molecule has 1 saturated heterocycles. The van der Waals surface area contributed by atoms with Gasteiger partial charge in [0.2, 0.25) is 0 Å². The molecule has 1 atom stereocenters. The highest BCUT2D eigenvalue weighted by Crippen LogP contribution is 2.26. The Morgan fingerprint density at radius 1 is 1.33 bits per heavy atom. The van der Waals surface area contributed by atoms with Crippen LogP contribution in [0.5, 0.6) is 0 Å². The Hall–Kier alpha value is -0.390. The van der Waals surface area contributed by atoms with Crippen LogP contribution in [0.1, 0.15) is 0 Å². The number of hydrogen-bond donors (Lipinski definition) is 0. The lowest BCUT2D eigenvalue weighted by atomic mass is 10.4. The molecular formula is C4H5F3O6S2. The molecule has 0 amide bonds. The van der Waals surface area contributed by atoms with Crippen molar-refractivity contribution >= 4 is 20.2 Å². The summed E-state index contributed by atoms with van der Waals surface area (Å²) >= 11 is 0. The van der Waals surface area contributed by atoms with Gasteiger partial charge in [0.25, 0.3) is 9.84 Å². The average molecular weight is 270 g/mol. The summed E-state index contributed by atoms with van der Waals surface area (Å²) in [5.41, 5.74) is -5.43. The third-order valence-electron chi connectivity index (χ3n) is 1.41. The van der Waals surface area contributed by atoms with Crippen molar-refractivity contribution in [2.45, 2.75) is 11.6 Å². The normalized spacial score (nSPS) is 26.7. The molecule has 0 radical (unpaired) electrons. The first-order valence-corrected chi connectivity index (χ1v) is 6.39. The Balaban J connectivity index is 2.74. The Morgan fingerprint density at radius 3 is 2.20 bits per heavy atom. The van der Waals surface area contributed by atoms with Crippen LogP contribution in [0.2, 0.25) is 0 Å². The van der Waals surface area contributed by atoms with Gasteiger partial charge in [0, 0.05) is 0 Å². The minimum absolute atomic E-state index is 0.738. The van der Waals surface area contributed by atoms with Crippen molar-refractivity contribution in [1.29, 1.82) is 0 Å². The fraction of sp³-hybridized carbons (Fsp3) is 1.00. The van der Waals surface area contributed by atoms with Crippen LogP contribution in [-0.4, -0.2) is 40.8 Å². The Bertz CT molecular complexity index is 433. The summed E-state index contributed by atoms with van der Waals surface area (Å²) in [5.74, 6) is -1.48. The van der Waals surface area contributed by atoms with Gasteiger partial charge in [-0.3, -0.25) is 0 Å². The lowest BCUT2D eigenvalue weighted by Crippen LogP contribution is -2.33. The lowest BCUT2D eigenvalue weighted by Gasteiger charge is -2.09. The molecule has 0 saturated carbocycles. The molecule has 1 aliphatic rings. The number of halogens is 3. The number of hydrogen-bond acceptors (Lipinski definition) is 6. The monoisotopic (exact) mass is 270 g/mol. The van der Waals surface area contributed by atoms with E-state index < -0.39 is 44.2 Å². The van der Waals surface area contributed by atoms with Crippen LogP contribution in [0, 0.1) is 0 Å². The van der Waals surface area contributed by atoms with Gasteiger partial charge in [-0.2, -0.15) is 21.6 Å². The molecule has 1 unspecified atom stereocenters. The summed E-state index contributed by atoms with van der Waals surface area (Å²) in [5, 5.41) is 0. The van der Waals surface area contributed by atoms with Crippen molar-refractivity contribution in [3.8, 4) is 0 Å². The van der Waals surface area contributed by atoms with Gasteiger partial charge in [-0.25, -0.2) is 16.8 Å². The molecule has 0 bridgehead atoms. The van der Waals surface area contributed by atoms with E-state index in [1.165, 1.54) is 0 Å². The van der Waals surface area contributed by atoms with Crippen molar-refractivity contribution in [3.63, 3.8) is 0 Å². The molecule has 1 aliphatic heterocycles. The molecule has 6 nitrogen and oxygen atoms in total. The molecule has 1 heterocycles. The fourth-order valence-corrected chi connectivity index (χ4v) is 2.56. The smallest absolute Gasteiger partial charge is 0.245 e. The van der Waals surface area contributed by atoms with Gasteiger partial charge < -0.3 is 0 Å². The minimum Gasteiger partial charge on any atom is -0.245 e. The topological polar surface area (TPSA) is 86.7 Å². The first-order valence-electron chi connectivity index (χ1n) is 3.40. The molecule has 11 heteroatoms. The van der Waals surface area contributed by atoms with E-state index in [1.54, 1.807) is 0 Å². The van der Waals surface area contributed by atoms with E-state index in [0.29, 0.717) is 0 Å². The molecule has 15 heavy (non-hydrogen) atoms. The standard InChI is InChI=1S/C4H5F3O6S2/c5-4(6,7)14(8,9)2-3-1-12-15(10,11)13-3/h3H,1-2H2. The highest BCUT2D eigenvalue weighted by atomic mass is 32.3. The molecule has 0 aromatic rings. The maximum absolute atomic E-state index is 11.8. The maximum Gasteiger partial charge on any atom is 0.497 e. The van der Waals surface area contributed by atoms with Crippen LogP contribution in [-0.2, 0) is 28.6 Å². The second-order valence-electron chi connectivity index (χ2n) is 2.64. The van der Waals surface area contributed by atoms with Gasteiger partial charge >= 0.3 is 15.9 Å². The molecule has 0 aliphatic carbocycles. The van der Waals surface area contributed by atoms with E-state index in [1.807, 2.05) is 0 Å². The van der Waals surface area contributed by atoms with Gasteiger partial charge in [-0.15, -0.1) is 0 Å². The van der Waals surface area contributed by atoms with Crippen molar-refractivity contribution in [1.82, 2.24) is 0 Å². The molecule has 0 N–H and O–H groups in total. The van der Waals surface area contributed by atoms with Crippen LogP contribution in [0.3, 0.4) is 0 Å². The summed E-state index contributed by atoms with van der Waals surface area (Å²) in [6, 6.07) is 0. The summed E-state index contributed by atoms with van der Waals surface area (Å²) in [6.45, 7) is -0.738. The first kappa shape index (κ1) is 12.7. The van der Waals surface area contributed by atoms with Crippen LogP contribution in [0.4, 0.5) is 13.2 Å². The molecule has 90 valence electrons. The predicted octanol–water partition coefficient (Wildman–Crippen LogP) is -0.419. The van der Waals surface area contributed by atoms with Crippen LogP contribution >= 0.6 is 0 Å². The van der Waals surface area contributed by atoms with Crippen molar-refractivity contribution < 1.29 is 38.4 Å². The highest BCUT2D eigenvalue weighted by Gasteiger charge is 2.48. The third kappa shape index (κ3) is 3.03. The fourth-order valence-electron chi connectivity index (χ4n) is 0.797. The van der Waals surface area contributed by atoms with Gasteiger partial charge in [-0.05, 0) is 0 Å². The predicted molar refractivity (Wildman–Crippen MR) is 39.6 cm³/mol. The van der Waals surface area contributed by atoms with E-state index >= 15 is 0 Å². The van der Waals surface area contributed by atoms with E-state index in [0.717, 1.165) is 0 Å². The molecule has 1 rings (SSSR count). The second-order valence-corrected chi connectivity index (χ2v) is 5.91. The van der Waals surface area contributed by atoms with E-state index in [2.05, 4.69) is 8.37 Å². The van der Waals surface area contributed by atoms with Crippen LogP contribution < -0.4 is 0 Å². The number of alkyl halides is 3. The third-order valence-corrected chi connectivity index (χ3v) is 3.86. The zero-order chi connectivity index (χ0) is 11.9. The molecule has 1 fully saturated rings. The molecule has 0 spiro atoms. The van der Waals surface area contributed by atoms with Crippen molar-refractivity contribution in [2.75, 3.05) is 12.4 Å². The van der Waals surface area contributed by atoms with Crippen molar-refractivity contribution in [2.24, 2.45) is 0 Å². The van der Waals surface area contributed by atoms with Gasteiger partial charge in [0.05, 0.1) is 12.4 Å². The van der Waals surface area contributed by atoms with Crippen molar-refractivity contribution in [3.05, 3.63) is 0 Å². The molecular weight excluding hydrogens is 265 g/mol. The molecule has 0 aromatic heterocycles. The summed E-state index contributed by atoms with van der Waals surface area (Å²) in [7, 11) is -9.75. The van der Waals surface area contributed by atoms with E-state index in [4.69, 9.17) is 0 Å². The summed E-state index contributed by atoms with van der Waals surface area (Å²) in [4.78, 5) is 0. The highest BCUT2D eigenvalue weighted by molar-refractivity contribution is 7.92. The van der Waals surface area contributed by atoms with Crippen LogP contribution in [0.25, 0.3) is 0 Å². The summed E-state index contributed by atoms with van der Waals surface area (Å²) < 4.78 is 85.5. The Morgan fingerprint density at radius 2 is 1.87 bits per heavy atom. The summed E-state index contributed by atoms with van der Waals surface area (Å²) in [6.07, 6.45) is -1.65. The zero-order valence-electron chi connectivity index (χ0n) is 6.89. The van der Waals surface area contributed by atoms with Gasteiger partial charge in [0.15, 0.2) is 0 Å². The number of rotatable bonds is 2.